The number of halogens is 2. The molecular formula is C31H27BrFN3O2. The molecule has 5 nitrogen and oxygen atoms in total. The van der Waals surface area contributed by atoms with Crippen LogP contribution in [0.2, 0.25) is 0 Å². The van der Waals surface area contributed by atoms with Gasteiger partial charge in [-0.15, -0.1) is 0 Å². The summed E-state index contributed by atoms with van der Waals surface area (Å²) in [6.07, 6.45) is 1.58. The highest BCUT2D eigenvalue weighted by molar-refractivity contribution is 9.10. The first-order chi connectivity index (χ1) is 18.3. The number of nitrogens with two attached hydrogens (primary N) is 1. The van der Waals surface area contributed by atoms with Gasteiger partial charge in [-0.3, -0.25) is 9.69 Å². The Morgan fingerprint density at radius 1 is 1.11 bits per heavy atom. The summed E-state index contributed by atoms with van der Waals surface area (Å²) in [5.74, 6) is -0.255. The molecule has 3 aromatic carbocycles. The van der Waals surface area contributed by atoms with E-state index in [4.69, 9.17) is 10.5 Å². The molecule has 0 saturated carbocycles. The lowest BCUT2D eigenvalue weighted by atomic mass is 9.74. The molecule has 0 radical (unpaired) electrons. The van der Waals surface area contributed by atoms with Crippen LogP contribution in [0.25, 0.3) is 0 Å². The van der Waals surface area contributed by atoms with Crippen LogP contribution in [-0.2, 0) is 11.4 Å². The molecule has 1 heterocycles. The van der Waals surface area contributed by atoms with Gasteiger partial charge in [0.2, 0.25) is 0 Å². The highest BCUT2D eigenvalue weighted by Crippen LogP contribution is 2.47. The van der Waals surface area contributed by atoms with Gasteiger partial charge in [-0.1, -0.05) is 36.4 Å². The number of hydrogen-bond donors (Lipinski definition) is 1. The number of carbonyl (C=O) groups excluding carboxylic acids is 1. The van der Waals surface area contributed by atoms with Gasteiger partial charge in [0.1, 0.15) is 24.0 Å². The van der Waals surface area contributed by atoms with E-state index < -0.39 is 11.7 Å². The second kappa shape index (κ2) is 10.5. The molecule has 5 rings (SSSR count). The molecule has 192 valence electrons. The molecular weight excluding hydrogens is 545 g/mol. The van der Waals surface area contributed by atoms with Gasteiger partial charge in [0.15, 0.2) is 5.78 Å². The highest BCUT2D eigenvalue weighted by Gasteiger charge is 2.41. The van der Waals surface area contributed by atoms with Crippen molar-refractivity contribution in [2.45, 2.75) is 45.6 Å². The Morgan fingerprint density at radius 2 is 1.84 bits per heavy atom. The van der Waals surface area contributed by atoms with Gasteiger partial charge in [-0.25, -0.2) is 4.39 Å². The lowest BCUT2D eigenvalue weighted by Gasteiger charge is -2.40. The molecule has 1 aliphatic carbocycles. The summed E-state index contributed by atoms with van der Waals surface area (Å²) in [5.41, 5.74) is 12.1. The summed E-state index contributed by atoms with van der Waals surface area (Å²) in [7, 11) is 0. The number of nitrogens with zero attached hydrogens (tertiary/aromatic N) is 2. The number of ether oxygens (including phenoxy) is 1. The minimum Gasteiger partial charge on any atom is -0.488 e. The normalized spacial score (nSPS) is 17.4. The number of ketones is 1. The van der Waals surface area contributed by atoms with E-state index in [0.717, 1.165) is 32.5 Å². The number of benzene rings is 3. The molecule has 2 aliphatic rings. The monoisotopic (exact) mass is 571 g/mol. The van der Waals surface area contributed by atoms with Gasteiger partial charge >= 0.3 is 0 Å². The Labute approximate surface area is 230 Å². The van der Waals surface area contributed by atoms with Gasteiger partial charge in [0.25, 0.3) is 0 Å². The summed E-state index contributed by atoms with van der Waals surface area (Å²) in [6, 6.07) is 20.3. The first-order valence-corrected chi connectivity index (χ1v) is 13.3. The quantitative estimate of drug-likeness (QED) is 0.353. The van der Waals surface area contributed by atoms with E-state index in [1.807, 2.05) is 44.2 Å². The number of Topliss-reactive ketones (excluding diaryl/α,β-unsaturated/α-hetero) is 1. The zero-order valence-corrected chi connectivity index (χ0v) is 22.8. The van der Waals surface area contributed by atoms with Crippen molar-refractivity contribution in [2.24, 2.45) is 5.73 Å². The van der Waals surface area contributed by atoms with Gasteiger partial charge in [0, 0.05) is 17.7 Å². The Hall–Kier alpha value is -3.89. The summed E-state index contributed by atoms with van der Waals surface area (Å²) in [4.78, 5) is 15.0. The van der Waals surface area contributed by atoms with Crippen LogP contribution >= 0.6 is 15.9 Å². The zero-order valence-electron chi connectivity index (χ0n) is 21.2. The Kier molecular flexibility index (Phi) is 7.09. The first kappa shape index (κ1) is 25.7. The number of hydrogen-bond acceptors (Lipinski definition) is 5. The smallest absolute Gasteiger partial charge is 0.161 e. The molecule has 0 spiro atoms. The lowest BCUT2D eigenvalue weighted by molar-refractivity contribution is -0.116. The van der Waals surface area contributed by atoms with Crippen molar-refractivity contribution in [1.82, 2.24) is 0 Å². The van der Waals surface area contributed by atoms with Gasteiger partial charge in [0.05, 0.1) is 27.7 Å². The maximum atomic E-state index is 14.9. The average molecular weight is 572 g/mol. The second-order valence-corrected chi connectivity index (χ2v) is 10.5. The van der Waals surface area contributed by atoms with Crippen LogP contribution in [0, 0.1) is 31.0 Å². The predicted octanol–water partition coefficient (Wildman–Crippen LogP) is 7.09. The Morgan fingerprint density at radius 3 is 2.58 bits per heavy atom. The topological polar surface area (TPSA) is 79.4 Å². The molecule has 1 aliphatic heterocycles. The van der Waals surface area contributed by atoms with E-state index in [1.54, 1.807) is 23.1 Å². The summed E-state index contributed by atoms with van der Waals surface area (Å²) >= 11 is 3.52. The van der Waals surface area contributed by atoms with Crippen molar-refractivity contribution in [3.05, 3.63) is 116 Å². The number of anilines is 1. The van der Waals surface area contributed by atoms with Crippen LogP contribution in [0.5, 0.6) is 5.75 Å². The predicted molar refractivity (Wildman–Crippen MR) is 149 cm³/mol. The molecule has 0 saturated heterocycles. The van der Waals surface area contributed by atoms with Crippen molar-refractivity contribution in [2.75, 3.05) is 4.90 Å². The average Bonchev–Trinajstić information content (AvgIpc) is 2.89. The third-order valence-corrected chi connectivity index (χ3v) is 7.92. The number of aryl methyl sites for hydroxylation is 2. The van der Waals surface area contributed by atoms with Crippen LogP contribution in [0.1, 0.15) is 47.4 Å². The number of carbonyl (C=O) groups is 1. The Balaban J connectivity index is 1.65. The van der Waals surface area contributed by atoms with E-state index in [1.165, 1.54) is 6.07 Å². The van der Waals surface area contributed by atoms with Crippen molar-refractivity contribution in [3.8, 4) is 11.8 Å². The molecule has 2 N–H and O–H groups in total. The van der Waals surface area contributed by atoms with Gasteiger partial charge in [-0.2, -0.15) is 5.26 Å². The van der Waals surface area contributed by atoms with Crippen LogP contribution in [0.4, 0.5) is 10.1 Å². The van der Waals surface area contributed by atoms with Crippen molar-refractivity contribution >= 4 is 27.4 Å². The largest absolute Gasteiger partial charge is 0.488 e. The maximum absolute atomic E-state index is 14.9. The van der Waals surface area contributed by atoms with Crippen molar-refractivity contribution < 1.29 is 13.9 Å². The lowest BCUT2D eigenvalue weighted by Crippen LogP contribution is -2.39. The number of para-hydroxylation sites is 2. The minimum atomic E-state index is -0.631. The molecule has 1 unspecified atom stereocenters. The summed E-state index contributed by atoms with van der Waals surface area (Å²) in [5, 5.41) is 10.3. The molecule has 3 aromatic rings. The molecule has 1 atom stereocenters. The third kappa shape index (κ3) is 4.50. The number of rotatable bonds is 5. The fourth-order valence-corrected chi connectivity index (χ4v) is 5.80. The number of allylic oxidation sites excluding steroid dienone is 3. The van der Waals surface area contributed by atoms with Crippen molar-refractivity contribution in [1.29, 1.82) is 5.26 Å². The van der Waals surface area contributed by atoms with Crippen molar-refractivity contribution in [3.63, 3.8) is 0 Å². The van der Waals surface area contributed by atoms with E-state index in [0.29, 0.717) is 37.1 Å². The SMILES string of the molecule is Cc1cc(C)c(C2C(C#N)=C(N)N(c3ccccc3F)C3=C2C(=O)CCC3)cc1COc1ccccc1Br. The van der Waals surface area contributed by atoms with E-state index in [-0.39, 0.29) is 22.9 Å². The van der Waals surface area contributed by atoms with Crippen LogP contribution in [-0.4, -0.2) is 5.78 Å². The molecule has 0 fully saturated rings. The highest BCUT2D eigenvalue weighted by atomic mass is 79.9. The molecule has 38 heavy (non-hydrogen) atoms. The van der Waals surface area contributed by atoms with E-state index >= 15 is 0 Å². The third-order valence-electron chi connectivity index (χ3n) is 7.26. The van der Waals surface area contributed by atoms with Gasteiger partial charge in [-0.05, 0) is 89.1 Å². The zero-order chi connectivity index (χ0) is 27.0. The first-order valence-electron chi connectivity index (χ1n) is 12.5. The summed E-state index contributed by atoms with van der Waals surface area (Å²) in [6.45, 7) is 4.31. The molecule has 0 amide bonds. The molecule has 7 heteroatoms. The van der Waals surface area contributed by atoms with E-state index in [9.17, 15) is 14.4 Å². The summed E-state index contributed by atoms with van der Waals surface area (Å²) < 4.78 is 21.9. The minimum absolute atomic E-state index is 0.0381. The fraction of sp³-hybridized carbons (Fsp3) is 0.226. The van der Waals surface area contributed by atoms with Crippen LogP contribution in [0.15, 0.2) is 87.8 Å². The molecule has 0 aromatic heterocycles. The van der Waals surface area contributed by atoms with Crippen LogP contribution < -0.4 is 15.4 Å². The van der Waals surface area contributed by atoms with Crippen LogP contribution in [0.3, 0.4) is 0 Å². The maximum Gasteiger partial charge on any atom is 0.161 e. The van der Waals surface area contributed by atoms with E-state index in [2.05, 4.69) is 28.1 Å². The Bertz CT molecular complexity index is 1550. The standard InChI is InChI=1S/C31H27BrFN3O2/c1-18-14-19(2)21(15-20(18)17-38-28-13-6-3-8-23(28)32)29-22(16-34)31(35)36(25-10-5-4-9-24(25)33)26-11-7-12-27(37)30(26)29/h3-6,8-10,13-15,29H,7,11-12,17,35H2,1-2H3. The van der Waals surface area contributed by atoms with Gasteiger partial charge < -0.3 is 10.5 Å². The fourth-order valence-electron chi connectivity index (χ4n) is 5.41. The second-order valence-electron chi connectivity index (χ2n) is 9.62. The molecule has 0 bridgehead atoms. The number of nitriles is 1.